The molecule has 1 saturated carbocycles. The summed E-state index contributed by atoms with van der Waals surface area (Å²) < 4.78 is 0. The third kappa shape index (κ3) is 5.88. The van der Waals surface area contributed by atoms with E-state index >= 15 is 0 Å². The second-order valence-electron chi connectivity index (χ2n) is 9.56. The Labute approximate surface area is 189 Å². The molecule has 1 fully saturated rings. The molecule has 0 heterocycles. The fourth-order valence-corrected chi connectivity index (χ4v) is 5.17. The van der Waals surface area contributed by atoms with Crippen molar-refractivity contribution in [1.29, 1.82) is 0 Å². The summed E-state index contributed by atoms with van der Waals surface area (Å²) >= 11 is 0. The summed E-state index contributed by atoms with van der Waals surface area (Å²) in [4.78, 5) is 0. The van der Waals surface area contributed by atoms with Gasteiger partial charge in [0.2, 0.25) is 0 Å². The van der Waals surface area contributed by atoms with Crippen LogP contribution in [0.5, 0.6) is 0 Å². The molecule has 0 aliphatic heterocycles. The smallest absolute Gasteiger partial charge is 0.0162 e. The quantitative estimate of drug-likeness (QED) is 0.244. The van der Waals surface area contributed by atoms with Gasteiger partial charge in [0.05, 0.1) is 0 Å². The highest BCUT2D eigenvalue weighted by Crippen LogP contribution is 2.36. The van der Waals surface area contributed by atoms with Gasteiger partial charge < -0.3 is 0 Å². The fourth-order valence-electron chi connectivity index (χ4n) is 5.17. The van der Waals surface area contributed by atoms with Crippen LogP contribution in [0.15, 0.2) is 73.3 Å². The van der Waals surface area contributed by atoms with Gasteiger partial charge in [0.25, 0.3) is 0 Å². The molecule has 162 valence electrons. The first-order valence-electron chi connectivity index (χ1n) is 12.5. The van der Waals surface area contributed by atoms with Crippen LogP contribution in [-0.2, 0) is 19.3 Å². The average molecular weight is 411 g/mol. The van der Waals surface area contributed by atoms with Crippen molar-refractivity contribution < 1.29 is 0 Å². The van der Waals surface area contributed by atoms with E-state index in [1.165, 1.54) is 84.4 Å². The van der Waals surface area contributed by atoms with E-state index in [-0.39, 0.29) is 0 Å². The first-order chi connectivity index (χ1) is 15.2. The standard InChI is InChI=1S/C31H38/c1-3-5-6-7-26-14-20-31-23-27(15-21-30(31)22-26)9-8-25-12-18-29(19-13-25)28-16-10-24(4-2)11-17-28/h4,12-15,18-24,28H,2-3,5-11,16-17H2,1H3. The van der Waals surface area contributed by atoms with E-state index in [0.29, 0.717) is 0 Å². The Morgan fingerprint density at radius 1 is 0.710 bits per heavy atom. The molecule has 4 rings (SSSR count). The van der Waals surface area contributed by atoms with Gasteiger partial charge in [-0.25, -0.2) is 0 Å². The van der Waals surface area contributed by atoms with Gasteiger partial charge in [-0.05, 0) is 96.2 Å². The van der Waals surface area contributed by atoms with Gasteiger partial charge in [0.15, 0.2) is 0 Å². The Kier molecular flexibility index (Phi) is 7.62. The van der Waals surface area contributed by atoms with E-state index < -0.39 is 0 Å². The maximum atomic E-state index is 3.97. The van der Waals surface area contributed by atoms with Gasteiger partial charge in [-0.15, -0.1) is 6.58 Å². The zero-order chi connectivity index (χ0) is 21.5. The van der Waals surface area contributed by atoms with Crippen molar-refractivity contribution in [2.24, 2.45) is 5.92 Å². The number of rotatable bonds is 9. The Bertz CT molecular complexity index is 971. The van der Waals surface area contributed by atoms with Gasteiger partial charge in [0.1, 0.15) is 0 Å². The van der Waals surface area contributed by atoms with Crippen molar-refractivity contribution in [2.45, 2.75) is 77.0 Å². The predicted octanol–water partition coefficient (Wildman–Crippen LogP) is 8.82. The van der Waals surface area contributed by atoms with Crippen molar-refractivity contribution in [1.82, 2.24) is 0 Å². The molecule has 0 radical (unpaired) electrons. The van der Waals surface area contributed by atoms with Crippen LogP contribution in [-0.4, -0.2) is 0 Å². The molecule has 3 aromatic carbocycles. The Morgan fingerprint density at radius 2 is 1.29 bits per heavy atom. The molecule has 0 N–H and O–H groups in total. The van der Waals surface area contributed by atoms with Gasteiger partial charge in [-0.1, -0.05) is 86.5 Å². The minimum Gasteiger partial charge on any atom is -0.103 e. The summed E-state index contributed by atoms with van der Waals surface area (Å²) in [5, 5.41) is 2.76. The van der Waals surface area contributed by atoms with E-state index in [4.69, 9.17) is 0 Å². The van der Waals surface area contributed by atoms with Gasteiger partial charge in [-0.3, -0.25) is 0 Å². The van der Waals surface area contributed by atoms with E-state index in [0.717, 1.165) is 24.7 Å². The fraction of sp³-hybridized carbons (Fsp3) is 0.419. The van der Waals surface area contributed by atoms with Crippen molar-refractivity contribution >= 4 is 10.8 Å². The summed E-state index contributed by atoms with van der Waals surface area (Å²) in [7, 11) is 0. The molecule has 0 unspecified atom stereocenters. The monoisotopic (exact) mass is 410 g/mol. The van der Waals surface area contributed by atoms with E-state index in [2.05, 4.69) is 80.2 Å². The lowest BCUT2D eigenvalue weighted by molar-refractivity contribution is 0.376. The molecule has 1 aliphatic carbocycles. The van der Waals surface area contributed by atoms with Crippen LogP contribution in [0.2, 0.25) is 0 Å². The lowest BCUT2D eigenvalue weighted by Crippen LogP contribution is -2.11. The number of fused-ring (bicyclic) bond motifs is 1. The second-order valence-corrected chi connectivity index (χ2v) is 9.56. The van der Waals surface area contributed by atoms with Gasteiger partial charge in [0, 0.05) is 0 Å². The number of allylic oxidation sites excluding steroid dienone is 1. The van der Waals surface area contributed by atoms with Crippen molar-refractivity contribution in [3.05, 3.63) is 95.6 Å². The Balaban J connectivity index is 1.33. The number of benzene rings is 3. The van der Waals surface area contributed by atoms with Crippen LogP contribution in [0.4, 0.5) is 0 Å². The molecule has 1 aliphatic rings. The van der Waals surface area contributed by atoms with Crippen molar-refractivity contribution in [3.8, 4) is 0 Å². The lowest BCUT2D eigenvalue weighted by Gasteiger charge is -2.27. The summed E-state index contributed by atoms with van der Waals surface area (Å²) in [6, 6.07) is 23.5. The van der Waals surface area contributed by atoms with E-state index in [1.807, 2.05) is 0 Å². The topological polar surface area (TPSA) is 0 Å². The predicted molar refractivity (Wildman–Crippen MR) is 136 cm³/mol. The first-order valence-corrected chi connectivity index (χ1v) is 12.5. The maximum Gasteiger partial charge on any atom is -0.0162 e. The molecule has 0 heteroatoms. The molecule has 0 amide bonds. The van der Waals surface area contributed by atoms with E-state index in [9.17, 15) is 0 Å². The molecule has 0 spiro atoms. The largest absolute Gasteiger partial charge is 0.103 e. The SMILES string of the molecule is C=CC1CCC(c2ccc(CCc3ccc4cc(CCCCC)ccc4c3)cc2)CC1. The van der Waals surface area contributed by atoms with Crippen LogP contribution >= 0.6 is 0 Å². The Morgan fingerprint density at radius 3 is 1.90 bits per heavy atom. The molecule has 31 heavy (non-hydrogen) atoms. The summed E-state index contributed by atoms with van der Waals surface area (Å²) in [5.41, 5.74) is 5.91. The van der Waals surface area contributed by atoms with Crippen LogP contribution in [0.1, 0.15) is 80.0 Å². The summed E-state index contributed by atoms with van der Waals surface area (Å²) in [6.45, 7) is 6.24. The van der Waals surface area contributed by atoms with Gasteiger partial charge in [-0.2, -0.15) is 0 Å². The third-order valence-electron chi connectivity index (χ3n) is 7.30. The molecule has 0 aromatic heterocycles. The molecule has 0 atom stereocenters. The highest BCUT2D eigenvalue weighted by molar-refractivity contribution is 5.83. The summed E-state index contributed by atoms with van der Waals surface area (Å²) in [6.07, 6.45) is 14.7. The normalized spacial score (nSPS) is 18.9. The minimum absolute atomic E-state index is 0.741. The zero-order valence-electron chi connectivity index (χ0n) is 19.3. The molecule has 0 nitrogen and oxygen atoms in total. The molecular weight excluding hydrogens is 372 g/mol. The highest BCUT2D eigenvalue weighted by Gasteiger charge is 2.20. The molecular formula is C31H38. The molecule has 0 bridgehead atoms. The number of unbranched alkanes of at least 4 members (excludes halogenated alkanes) is 2. The summed E-state index contributed by atoms with van der Waals surface area (Å²) in [5.74, 6) is 1.49. The number of aryl methyl sites for hydroxylation is 3. The number of hydrogen-bond acceptors (Lipinski definition) is 0. The number of hydrogen-bond donors (Lipinski definition) is 0. The van der Waals surface area contributed by atoms with Crippen molar-refractivity contribution in [2.75, 3.05) is 0 Å². The van der Waals surface area contributed by atoms with Crippen LogP contribution in [0, 0.1) is 5.92 Å². The third-order valence-corrected chi connectivity index (χ3v) is 7.30. The highest BCUT2D eigenvalue weighted by atomic mass is 14.2. The molecule has 0 saturated heterocycles. The maximum absolute atomic E-state index is 3.97. The Hall–Kier alpha value is -2.34. The van der Waals surface area contributed by atoms with Crippen LogP contribution in [0.25, 0.3) is 10.8 Å². The van der Waals surface area contributed by atoms with Crippen LogP contribution in [0.3, 0.4) is 0 Å². The van der Waals surface area contributed by atoms with Gasteiger partial charge >= 0.3 is 0 Å². The van der Waals surface area contributed by atoms with Crippen molar-refractivity contribution in [3.63, 3.8) is 0 Å². The zero-order valence-corrected chi connectivity index (χ0v) is 19.3. The second kappa shape index (κ2) is 10.8. The molecule has 3 aromatic rings. The first kappa shape index (κ1) is 21.9. The van der Waals surface area contributed by atoms with E-state index in [1.54, 1.807) is 0 Å². The van der Waals surface area contributed by atoms with Crippen LogP contribution < -0.4 is 0 Å². The minimum atomic E-state index is 0.741. The lowest BCUT2D eigenvalue weighted by atomic mass is 9.78. The average Bonchev–Trinajstić information content (AvgIpc) is 2.83.